The lowest BCUT2D eigenvalue weighted by atomic mass is 10.1. The van der Waals surface area contributed by atoms with Gasteiger partial charge in [0, 0.05) is 18.0 Å². The average Bonchev–Trinajstić information content (AvgIpc) is 3.21. The molecule has 164 valence electrons. The van der Waals surface area contributed by atoms with Gasteiger partial charge in [0.2, 0.25) is 5.95 Å². The van der Waals surface area contributed by atoms with Crippen LogP contribution in [0, 0.1) is 5.82 Å². The molecule has 8 nitrogen and oxygen atoms in total. The third-order valence-corrected chi connectivity index (χ3v) is 5.90. The predicted octanol–water partition coefficient (Wildman–Crippen LogP) is 3.20. The number of aromatic nitrogens is 2. The molecular weight excluding hydrogens is 397 g/mol. The number of methoxy groups -OCH3 is 1. The van der Waals surface area contributed by atoms with E-state index in [4.69, 9.17) is 4.74 Å². The summed E-state index contributed by atoms with van der Waals surface area (Å²) in [7, 11) is 1.44. The lowest BCUT2D eigenvalue weighted by Crippen LogP contribution is -2.54. The van der Waals surface area contributed by atoms with Crippen LogP contribution in [0.4, 0.5) is 16.0 Å². The van der Waals surface area contributed by atoms with Crippen LogP contribution in [-0.4, -0.2) is 71.5 Å². The summed E-state index contributed by atoms with van der Waals surface area (Å²) in [5.74, 6) is 0.186. The number of likely N-dealkylation sites (tertiary alicyclic amines) is 1. The zero-order valence-electron chi connectivity index (χ0n) is 18.0. The zero-order chi connectivity index (χ0) is 21.7. The number of nitrogens with zero attached hydrogens (tertiary/aromatic N) is 6. The van der Waals surface area contributed by atoms with Crippen molar-refractivity contribution in [3.8, 4) is 5.75 Å². The number of ether oxygens (including phenoxy) is 1. The highest BCUT2D eigenvalue weighted by molar-refractivity contribution is 5.69. The van der Waals surface area contributed by atoms with Crippen LogP contribution in [0.25, 0.3) is 0 Å². The largest absolute Gasteiger partial charge is 0.494 e. The Balaban J connectivity index is 1.51. The van der Waals surface area contributed by atoms with Crippen molar-refractivity contribution in [1.82, 2.24) is 14.9 Å². The third kappa shape index (κ3) is 5.05. The molecule has 1 fully saturated rings. The van der Waals surface area contributed by atoms with Gasteiger partial charge >= 0.3 is 0 Å². The molecule has 3 heterocycles. The van der Waals surface area contributed by atoms with E-state index in [2.05, 4.69) is 37.1 Å². The van der Waals surface area contributed by atoms with Crippen LogP contribution in [0.3, 0.4) is 0 Å². The maximum absolute atomic E-state index is 14.0. The Labute approximate surface area is 182 Å². The van der Waals surface area contributed by atoms with Gasteiger partial charge in [-0.2, -0.15) is 4.99 Å². The Bertz CT molecular complexity index is 967. The van der Waals surface area contributed by atoms with Crippen LogP contribution >= 0.6 is 0 Å². The maximum atomic E-state index is 14.0. The molecule has 31 heavy (non-hydrogen) atoms. The molecule has 0 amide bonds. The van der Waals surface area contributed by atoms with E-state index in [0.717, 1.165) is 25.3 Å². The Morgan fingerprint density at radius 1 is 1.32 bits per heavy atom. The second-order valence-electron chi connectivity index (χ2n) is 8.03. The summed E-state index contributed by atoms with van der Waals surface area (Å²) in [6, 6.07) is 7.11. The molecule has 2 aromatic rings. The molecule has 1 N–H and O–H groups in total. The smallest absolute Gasteiger partial charge is 0.227 e. The van der Waals surface area contributed by atoms with E-state index in [-0.39, 0.29) is 5.75 Å². The van der Waals surface area contributed by atoms with Crippen LogP contribution in [-0.2, 0) is 6.54 Å². The molecule has 2 atom stereocenters. The normalized spacial score (nSPS) is 23.3. The summed E-state index contributed by atoms with van der Waals surface area (Å²) in [4.78, 5) is 20.3. The lowest BCUT2D eigenvalue weighted by molar-refractivity contribution is -0.851. The number of quaternary nitrogens is 1. The van der Waals surface area contributed by atoms with Crippen molar-refractivity contribution in [2.75, 3.05) is 38.7 Å². The minimum atomic E-state index is -0.437. The first-order valence-electron chi connectivity index (χ1n) is 10.7. The first-order chi connectivity index (χ1) is 15.1. The Morgan fingerprint density at radius 3 is 2.97 bits per heavy atom. The second-order valence-corrected chi connectivity index (χ2v) is 8.03. The number of hydrogen-bond donors (Lipinski definition) is 1. The Morgan fingerprint density at radius 2 is 2.23 bits per heavy atom. The monoisotopic (exact) mass is 426 g/mol. The molecule has 1 aromatic carbocycles. The van der Waals surface area contributed by atoms with Gasteiger partial charge in [-0.3, -0.25) is 9.38 Å². The highest BCUT2D eigenvalue weighted by Gasteiger charge is 2.36. The quantitative estimate of drug-likeness (QED) is 0.656. The van der Waals surface area contributed by atoms with E-state index < -0.39 is 5.82 Å². The molecule has 1 aromatic heterocycles. The van der Waals surface area contributed by atoms with Crippen molar-refractivity contribution in [2.24, 2.45) is 9.98 Å². The first kappa shape index (κ1) is 21.3. The highest BCUT2D eigenvalue weighted by atomic mass is 19.1. The van der Waals surface area contributed by atoms with E-state index in [0.29, 0.717) is 35.4 Å². The molecule has 0 spiro atoms. The van der Waals surface area contributed by atoms with Crippen LogP contribution in [0.5, 0.6) is 5.75 Å². The van der Waals surface area contributed by atoms with E-state index in [1.807, 2.05) is 12.4 Å². The van der Waals surface area contributed by atoms with E-state index in [1.165, 1.54) is 26.0 Å². The first-order valence-corrected chi connectivity index (χ1v) is 10.7. The average molecular weight is 427 g/mol. The van der Waals surface area contributed by atoms with Gasteiger partial charge in [-0.05, 0) is 44.1 Å². The van der Waals surface area contributed by atoms with Crippen molar-refractivity contribution in [1.29, 1.82) is 0 Å². The van der Waals surface area contributed by atoms with Crippen LogP contribution in [0.15, 0.2) is 40.4 Å². The van der Waals surface area contributed by atoms with Gasteiger partial charge < -0.3 is 10.1 Å². The van der Waals surface area contributed by atoms with Gasteiger partial charge in [0.1, 0.15) is 25.1 Å². The summed E-state index contributed by atoms with van der Waals surface area (Å²) >= 11 is 0. The summed E-state index contributed by atoms with van der Waals surface area (Å²) in [5.41, 5.74) is 1.45. The maximum Gasteiger partial charge on any atom is 0.227 e. The van der Waals surface area contributed by atoms with Crippen molar-refractivity contribution in [3.63, 3.8) is 0 Å². The number of halogens is 1. The minimum Gasteiger partial charge on any atom is -0.494 e. The van der Waals surface area contributed by atoms with Crippen molar-refractivity contribution in [2.45, 2.75) is 32.4 Å². The fourth-order valence-electron chi connectivity index (χ4n) is 4.39. The van der Waals surface area contributed by atoms with Gasteiger partial charge in [0.05, 0.1) is 13.2 Å². The topological polar surface area (TPSA) is 75.0 Å². The molecule has 0 bridgehead atoms. The number of benzene rings is 1. The summed E-state index contributed by atoms with van der Waals surface area (Å²) in [6.07, 6.45) is 7.77. The molecule has 2 aliphatic heterocycles. The van der Waals surface area contributed by atoms with Gasteiger partial charge in [-0.25, -0.2) is 19.4 Å². The predicted molar refractivity (Wildman–Crippen MR) is 119 cm³/mol. The number of hydrogen-bond acceptors (Lipinski definition) is 7. The third-order valence-electron chi connectivity index (χ3n) is 5.90. The Kier molecular flexibility index (Phi) is 6.53. The highest BCUT2D eigenvalue weighted by Crippen LogP contribution is 2.25. The molecule has 2 aliphatic rings. The molecule has 0 radical (unpaired) electrons. The van der Waals surface area contributed by atoms with Crippen LogP contribution in [0.1, 0.15) is 25.5 Å². The minimum absolute atomic E-state index is 0.199. The molecule has 1 saturated heterocycles. The molecule has 4 rings (SSSR count). The number of nitrogens with one attached hydrogen (secondary N) is 1. The zero-order valence-corrected chi connectivity index (χ0v) is 18.0. The molecule has 2 unspecified atom stereocenters. The molecule has 0 saturated carbocycles. The molecular formula is C22H29FN7O+. The van der Waals surface area contributed by atoms with E-state index >= 15 is 0 Å². The summed E-state index contributed by atoms with van der Waals surface area (Å²) < 4.78 is 19.6. The molecule has 0 aliphatic carbocycles. The van der Waals surface area contributed by atoms with Gasteiger partial charge in [-0.15, -0.1) is 0 Å². The van der Waals surface area contributed by atoms with E-state index in [1.54, 1.807) is 24.7 Å². The van der Waals surface area contributed by atoms with Gasteiger partial charge in [-0.1, -0.05) is 6.92 Å². The second kappa shape index (κ2) is 9.49. The van der Waals surface area contributed by atoms with E-state index in [9.17, 15) is 4.39 Å². The Hall–Kier alpha value is -2.91. The number of aliphatic imine (C=N–C) groups is 2. The van der Waals surface area contributed by atoms with Gasteiger partial charge in [0.25, 0.3) is 0 Å². The fourth-order valence-corrected chi connectivity index (χ4v) is 4.39. The standard InChI is InChI=1S/C22H29FN7O/c1-3-29-10-4-5-19(29)13-30(15-24-14-25-16-30)12-18-8-9-26-22(28-18)27-17-6-7-21(31-2)20(23)11-17/h6-9,11,14-15,19H,3-5,10,12-13,16H2,1-2H3,(H,26,27,28)/q+1. The lowest BCUT2D eigenvalue weighted by Gasteiger charge is -2.37. The summed E-state index contributed by atoms with van der Waals surface area (Å²) in [6.45, 7) is 6.70. The van der Waals surface area contributed by atoms with Crippen LogP contribution < -0.4 is 10.1 Å². The summed E-state index contributed by atoms with van der Waals surface area (Å²) in [5, 5.41) is 3.08. The number of likely N-dealkylation sites (N-methyl/N-ethyl adjacent to an activating group) is 1. The SMILES string of the molecule is CCN1CCCC1C[N+]1(Cc2ccnc(Nc3ccc(OC)c(F)c3)n2)C=NC=NC1. The van der Waals surface area contributed by atoms with Crippen molar-refractivity contribution < 1.29 is 13.6 Å². The number of rotatable bonds is 8. The fraction of sp³-hybridized carbons (Fsp3) is 0.455. The van der Waals surface area contributed by atoms with Gasteiger partial charge in [0.15, 0.2) is 24.6 Å². The van der Waals surface area contributed by atoms with Crippen molar-refractivity contribution in [3.05, 3.63) is 42.0 Å². The van der Waals surface area contributed by atoms with Crippen LogP contribution in [0.2, 0.25) is 0 Å². The van der Waals surface area contributed by atoms with Crippen molar-refractivity contribution >= 4 is 24.3 Å². The number of anilines is 2. The molecule has 9 heteroatoms.